The highest BCUT2D eigenvalue weighted by Gasteiger charge is 2.05. The average molecular weight is 290 g/mol. The number of hydrogen-bond donors (Lipinski definition) is 0. The van der Waals surface area contributed by atoms with E-state index < -0.39 is 6.61 Å². The molecule has 0 saturated heterocycles. The molecule has 0 unspecified atom stereocenters. The predicted molar refractivity (Wildman–Crippen MR) is 81.7 cm³/mol. The zero-order valence-electron chi connectivity index (χ0n) is 12.2. The molecule has 2 aromatic rings. The van der Waals surface area contributed by atoms with Gasteiger partial charge in [0.15, 0.2) is 0 Å². The maximum atomic E-state index is 12.1. The third-order valence-electron chi connectivity index (χ3n) is 3.41. The molecule has 0 atom stereocenters. The highest BCUT2D eigenvalue weighted by molar-refractivity contribution is 5.64. The summed E-state index contributed by atoms with van der Waals surface area (Å²) in [6.45, 7) is -0.586. The lowest BCUT2D eigenvalue weighted by Crippen LogP contribution is -2.01. The number of aryl methyl sites for hydroxylation is 1. The number of benzene rings is 2. The molecule has 0 fully saturated rings. The van der Waals surface area contributed by atoms with E-state index in [2.05, 4.69) is 23.8 Å². The maximum Gasteiger partial charge on any atom is 0.387 e. The zero-order chi connectivity index (χ0) is 15.1. The second-order valence-corrected chi connectivity index (χ2v) is 5.06. The number of hydrogen-bond acceptors (Lipinski definition) is 1. The molecule has 21 heavy (non-hydrogen) atoms. The summed E-state index contributed by atoms with van der Waals surface area (Å²) in [6, 6.07) is 15.1. The van der Waals surface area contributed by atoms with E-state index in [0.717, 1.165) is 17.5 Å². The molecule has 0 aliphatic rings. The molecule has 3 heteroatoms. The smallest absolute Gasteiger partial charge is 0.387 e. The van der Waals surface area contributed by atoms with Crippen LogP contribution in [0.5, 0.6) is 5.75 Å². The van der Waals surface area contributed by atoms with E-state index in [1.165, 1.54) is 24.8 Å². The lowest BCUT2D eigenvalue weighted by atomic mass is 10.00. The Hall–Kier alpha value is -1.90. The second kappa shape index (κ2) is 7.77. The summed E-state index contributed by atoms with van der Waals surface area (Å²) in [5.74, 6) is 0.188. The van der Waals surface area contributed by atoms with Crippen LogP contribution in [0, 0.1) is 0 Å². The third kappa shape index (κ3) is 4.85. The van der Waals surface area contributed by atoms with E-state index in [9.17, 15) is 8.78 Å². The molecule has 0 bridgehead atoms. The van der Waals surface area contributed by atoms with Gasteiger partial charge in [0.05, 0.1) is 0 Å². The molecule has 0 radical (unpaired) electrons. The van der Waals surface area contributed by atoms with E-state index in [0.29, 0.717) is 0 Å². The molecule has 0 saturated carbocycles. The fourth-order valence-electron chi connectivity index (χ4n) is 2.31. The Morgan fingerprint density at radius 3 is 2.38 bits per heavy atom. The summed E-state index contributed by atoms with van der Waals surface area (Å²) in [7, 11) is 0. The first-order chi connectivity index (χ1) is 10.2. The first-order valence-corrected chi connectivity index (χ1v) is 7.33. The fourth-order valence-corrected chi connectivity index (χ4v) is 2.31. The molecule has 2 rings (SSSR count). The van der Waals surface area contributed by atoms with Gasteiger partial charge in [-0.1, -0.05) is 56.2 Å². The van der Waals surface area contributed by atoms with Crippen molar-refractivity contribution in [2.24, 2.45) is 0 Å². The highest BCUT2D eigenvalue weighted by Crippen LogP contribution is 2.24. The van der Waals surface area contributed by atoms with Gasteiger partial charge in [0.1, 0.15) is 5.75 Å². The number of unbranched alkanes of at least 4 members (excludes halogenated alkanes) is 2. The van der Waals surface area contributed by atoms with Gasteiger partial charge in [-0.2, -0.15) is 8.78 Å². The van der Waals surface area contributed by atoms with Crippen molar-refractivity contribution in [1.82, 2.24) is 0 Å². The van der Waals surface area contributed by atoms with Crippen LogP contribution in [-0.4, -0.2) is 6.61 Å². The van der Waals surface area contributed by atoms with Crippen molar-refractivity contribution < 1.29 is 13.5 Å². The lowest BCUT2D eigenvalue weighted by Gasteiger charge is -2.08. The van der Waals surface area contributed by atoms with Gasteiger partial charge in [-0.25, -0.2) is 0 Å². The largest absolute Gasteiger partial charge is 0.435 e. The van der Waals surface area contributed by atoms with E-state index >= 15 is 0 Å². The number of ether oxygens (including phenoxy) is 1. The van der Waals surface area contributed by atoms with Gasteiger partial charge >= 0.3 is 6.61 Å². The zero-order valence-corrected chi connectivity index (χ0v) is 12.2. The fraction of sp³-hybridized carbons (Fsp3) is 0.333. The normalized spacial score (nSPS) is 10.9. The molecule has 0 N–H and O–H groups in total. The summed E-state index contributed by atoms with van der Waals surface area (Å²) in [5.41, 5.74) is 3.43. The van der Waals surface area contributed by atoms with Gasteiger partial charge < -0.3 is 4.74 Å². The van der Waals surface area contributed by atoms with Gasteiger partial charge in [-0.05, 0) is 41.7 Å². The highest BCUT2D eigenvalue weighted by atomic mass is 19.3. The maximum absolute atomic E-state index is 12.1. The Morgan fingerprint density at radius 2 is 1.71 bits per heavy atom. The van der Waals surface area contributed by atoms with Crippen LogP contribution in [0.15, 0.2) is 48.5 Å². The molecular weight excluding hydrogens is 270 g/mol. The minimum Gasteiger partial charge on any atom is -0.435 e. The minimum atomic E-state index is -2.78. The van der Waals surface area contributed by atoms with Crippen molar-refractivity contribution in [3.8, 4) is 16.9 Å². The molecule has 0 amide bonds. The average Bonchev–Trinajstić information content (AvgIpc) is 2.48. The van der Waals surface area contributed by atoms with Gasteiger partial charge in [0, 0.05) is 0 Å². The molecule has 112 valence electrons. The van der Waals surface area contributed by atoms with Crippen molar-refractivity contribution in [2.75, 3.05) is 0 Å². The Morgan fingerprint density at radius 1 is 0.952 bits per heavy atom. The minimum absolute atomic E-state index is 0.188. The molecule has 0 spiro atoms. The van der Waals surface area contributed by atoms with E-state index in [1.807, 2.05) is 24.3 Å². The van der Waals surface area contributed by atoms with Crippen molar-refractivity contribution >= 4 is 0 Å². The van der Waals surface area contributed by atoms with Crippen LogP contribution in [0.3, 0.4) is 0 Å². The number of rotatable bonds is 7. The Balaban J connectivity index is 2.08. The SMILES string of the molecule is CCCCCc1cccc(-c2ccc(OC(F)F)cc2)c1. The molecule has 2 aromatic carbocycles. The van der Waals surface area contributed by atoms with Crippen LogP contribution >= 0.6 is 0 Å². The topological polar surface area (TPSA) is 9.23 Å². The van der Waals surface area contributed by atoms with Gasteiger partial charge in [-0.3, -0.25) is 0 Å². The van der Waals surface area contributed by atoms with Gasteiger partial charge in [0.2, 0.25) is 0 Å². The predicted octanol–water partition coefficient (Wildman–Crippen LogP) is 5.69. The van der Waals surface area contributed by atoms with Crippen LogP contribution in [0.2, 0.25) is 0 Å². The van der Waals surface area contributed by atoms with Crippen LogP contribution < -0.4 is 4.74 Å². The van der Waals surface area contributed by atoms with Crippen LogP contribution in [0.1, 0.15) is 31.7 Å². The number of halogens is 2. The first kappa shape index (κ1) is 15.5. The van der Waals surface area contributed by atoms with E-state index in [-0.39, 0.29) is 5.75 Å². The lowest BCUT2D eigenvalue weighted by molar-refractivity contribution is -0.0498. The monoisotopic (exact) mass is 290 g/mol. The van der Waals surface area contributed by atoms with Crippen molar-refractivity contribution in [3.05, 3.63) is 54.1 Å². The van der Waals surface area contributed by atoms with Gasteiger partial charge in [0.25, 0.3) is 0 Å². The van der Waals surface area contributed by atoms with E-state index in [4.69, 9.17) is 0 Å². The first-order valence-electron chi connectivity index (χ1n) is 7.33. The molecular formula is C18H20F2O. The summed E-state index contributed by atoms with van der Waals surface area (Å²) >= 11 is 0. The quantitative estimate of drug-likeness (QED) is 0.595. The standard InChI is InChI=1S/C18H20F2O/c1-2-3-4-6-14-7-5-8-16(13-14)15-9-11-17(12-10-15)21-18(19)20/h5,7-13,18H,2-4,6H2,1H3. The molecule has 0 aromatic heterocycles. The Bertz CT molecular complexity index is 549. The summed E-state index contributed by atoms with van der Waals surface area (Å²) < 4.78 is 28.6. The Labute approximate surface area is 124 Å². The van der Waals surface area contributed by atoms with Crippen LogP contribution in [0.25, 0.3) is 11.1 Å². The van der Waals surface area contributed by atoms with Crippen molar-refractivity contribution in [1.29, 1.82) is 0 Å². The summed E-state index contributed by atoms with van der Waals surface area (Å²) in [4.78, 5) is 0. The molecule has 0 aliphatic heterocycles. The van der Waals surface area contributed by atoms with Gasteiger partial charge in [-0.15, -0.1) is 0 Å². The van der Waals surface area contributed by atoms with E-state index in [1.54, 1.807) is 12.1 Å². The summed E-state index contributed by atoms with van der Waals surface area (Å²) in [5, 5.41) is 0. The van der Waals surface area contributed by atoms with Crippen LogP contribution in [0.4, 0.5) is 8.78 Å². The number of alkyl halides is 2. The van der Waals surface area contributed by atoms with Crippen molar-refractivity contribution in [3.63, 3.8) is 0 Å². The third-order valence-corrected chi connectivity index (χ3v) is 3.41. The molecule has 0 heterocycles. The van der Waals surface area contributed by atoms with Crippen LogP contribution in [-0.2, 0) is 6.42 Å². The second-order valence-electron chi connectivity index (χ2n) is 5.06. The Kier molecular flexibility index (Phi) is 5.73. The molecule has 1 nitrogen and oxygen atoms in total. The molecule has 0 aliphatic carbocycles. The summed E-state index contributed by atoms with van der Waals surface area (Å²) in [6.07, 6.45) is 4.73. The van der Waals surface area contributed by atoms with Crippen molar-refractivity contribution in [2.45, 2.75) is 39.2 Å².